The number of ether oxygens (including phenoxy) is 1. The molecule has 0 radical (unpaired) electrons. The Kier molecular flexibility index (Phi) is 3.88. The van der Waals surface area contributed by atoms with E-state index >= 15 is 0 Å². The highest BCUT2D eigenvalue weighted by molar-refractivity contribution is 7.99. The van der Waals surface area contributed by atoms with Crippen molar-refractivity contribution in [2.24, 2.45) is 7.05 Å². The van der Waals surface area contributed by atoms with Crippen LogP contribution < -0.4 is 4.74 Å². The Labute approximate surface area is 110 Å². The van der Waals surface area contributed by atoms with E-state index in [9.17, 15) is 5.11 Å². The van der Waals surface area contributed by atoms with E-state index in [0.717, 1.165) is 15.6 Å². The summed E-state index contributed by atoms with van der Waals surface area (Å²) in [7, 11) is 3.43. The third kappa shape index (κ3) is 2.49. The van der Waals surface area contributed by atoms with Gasteiger partial charge in [-0.2, -0.15) is 5.10 Å². The first-order chi connectivity index (χ1) is 8.63. The van der Waals surface area contributed by atoms with Crippen molar-refractivity contribution >= 4 is 11.8 Å². The molecule has 0 unspecified atom stereocenters. The molecule has 6 heteroatoms. The van der Waals surface area contributed by atoms with Gasteiger partial charge in [0.1, 0.15) is 12.1 Å². The monoisotopic (exact) mass is 265 g/mol. The van der Waals surface area contributed by atoms with Gasteiger partial charge in [0, 0.05) is 17.5 Å². The second kappa shape index (κ2) is 5.41. The van der Waals surface area contributed by atoms with E-state index in [0.29, 0.717) is 5.75 Å². The average molecular weight is 265 g/mol. The molecule has 0 fully saturated rings. The number of rotatable bonds is 4. The smallest absolute Gasteiger partial charge is 0.190 e. The largest absolute Gasteiger partial charge is 0.496 e. The molecule has 18 heavy (non-hydrogen) atoms. The van der Waals surface area contributed by atoms with E-state index in [1.807, 2.05) is 25.2 Å². The van der Waals surface area contributed by atoms with Gasteiger partial charge in [-0.25, -0.2) is 9.67 Å². The lowest BCUT2D eigenvalue weighted by Crippen LogP contribution is -2.00. The lowest BCUT2D eigenvalue weighted by molar-refractivity contribution is 0.191. The second-order valence-corrected chi connectivity index (χ2v) is 4.83. The predicted octanol–water partition coefficient (Wildman–Crippen LogP) is 2.03. The molecule has 0 aliphatic carbocycles. The van der Waals surface area contributed by atoms with Gasteiger partial charge < -0.3 is 9.84 Å². The van der Waals surface area contributed by atoms with Gasteiger partial charge in [0.05, 0.1) is 13.2 Å². The van der Waals surface area contributed by atoms with Crippen LogP contribution in [0.3, 0.4) is 0 Å². The Morgan fingerprint density at radius 1 is 1.44 bits per heavy atom. The number of nitrogens with zero attached hydrogens (tertiary/aromatic N) is 3. The molecule has 1 atom stereocenters. The third-order valence-electron chi connectivity index (χ3n) is 2.53. The summed E-state index contributed by atoms with van der Waals surface area (Å²) in [5.74, 6) is 0.678. The maximum absolute atomic E-state index is 9.88. The molecule has 0 aliphatic rings. The van der Waals surface area contributed by atoms with Crippen LogP contribution >= 0.6 is 11.8 Å². The summed E-state index contributed by atoms with van der Waals surface area (Å²) in [4.78, 5) is 5.08. The predicted molar refractivity (Wildman–Crippen MR) is 68.8 cm³/mol. The van der Waals surface area contributed by atoms with Crippen molar-refractivity contribution in [2.45, 2.75) is 23.1 Å². The van der Waals surface area contributed by atoms with Crippen LogP contribution in [0.2, 0.25) is 0 Å². The minimum atomic E-state index is -0.600. The van der Waals surface area contributed by atoms with Crippen LogP contribution in [0.4, 0.5) is 0 Å². The lowest BCUT2D eigenvalue weighted by atomic mass is 10.1. The van der Waals surface area contributed by atoms with Crippen molar-refractivity contribution in [3.8, 4) is 5.75 Å². The molecule has 0 aliphatic heterocycles. The molecule has 0 bridgehead atoms. The van der Waals surface area contributed by atoms with Gasteiger partial charge in [-0.15, -0.1) is 0 Å². The maximum Gasteiger partial charge on any atom is 0.190 e. The summed E-state index contributed by atoms with van der Waals surface area (Å²) in [6.07, 6.45) is 0.904. The molecule has 1 N–H and O–H groups in total. The molecule has 5 nitrogen and oxygen atoms in total. The van der Waals surface area contributed by atoms with E-state index in [-0.39, 0.29) is 0 Å². The molecule has 1 aromatic heterocycles. The minimum Gasteiger partial charge on any atom is -0.496 e. The Balaban J connectivity index is 2.41. The highest BCUT2D eigenvalue weighted by Gasteiger charge is 2.16. The number of aliphatic hydroxyl groups is 1. The topological polar surface area (TPSA) is 60.2 Å². The Hall–Kier alpha value is -1.53. The summed E-state index contributed by atoms with van der Waals surface area (Å²) < 4.78 is 6.97. The van der Waals surface area contributed by atoms with Crippen LogP contribution in [0.15, 0.2) is 34.6 Å². The van der Waals surface area contributed by atoms with Crippen molar-refractivity contribution in [1.29, 1.82) is 0 Å². The Bertz CT molecular complexity index is 540. The quantitative estimate of drug-likeness (QED) is 0.916. The summed E-state index contributed by atoms with van der Waals surface area (Å²) >= 11 is 1.45. The number of benzene rings is 1. The standard InChI is InChI=1S/C12H15N3O2S/c1-8(16)11-9(17-3)5-4-6-10(11)18-12-13-7-14-15(12)2/h4-8,16H,1-3H3/t8-/m0/s1. The van der Waals surface area contributed by atoms with Crippen molar-refractivity contribution < 1.29 is 9.84 Å². The molecular formula is C12H15N3O2S. The average Bonchev–Trinajstić information content (AvgIpc) is 2.74. The molecule has 0 spiro atoms. The molecule has 0 amide bonds. The number of aliphatic hydroxyl groups excluding tert-OH is 1. The Morgan fingerprint density at radius 2 is 2.22 bits per heavy atom. The van der Waals surface area contributed by atoms with E-state index in [4.69, 9.17) is 4.74 Å². The fourth-order valence-electron chi connectivity index (χ4n) is 1.68. The van der Waals surface area contributed by atoms with Crippen molar-refractivity contribution in [1.82, 2.24) is 14.8 Å². The first-order valence-electron chi connectivity index (χ1n) is 5.50. The normalized spacial score (nSPS) is 12.4. The molecule has 2 rings (SSSR count). The van der Waals surface area contributed by atoms with Gasteiger partial charge in [-0.3, -0.25) is 0 Å². The number of aryl methyl sites for hydroxylation is 1. The zero-order valence-electron chi connectivity index (χ0n) is 10.5. The van der Waals surface area contributed by atoms with Gasteiger partial charge in [-0.05, 0) is 30.8 Å². The number of hydrogen-bond acceptors (Lipinski definition) is 5. The highest BCUT2D eigenvalue weighted by atomic mass is 32.2. The molecular weight excluding hydrogens is 250 g/mol. The van der Waals surface area contributed by atoms with E-state index in [1.54, 1.807) is 18.7 Å². The zero-order valence-corrected chi connectivity index (χ0v) is 11.3. The van der Waals surface area contributed by atoms with Crippen LogP contribution in [-0.2, 0) is 7.05 Å². The van der Waals surface area contributed by atoms with Crippen LogP contribution in [0.1, 0.15) is 18.6 Å². The summed E-state index contributed by atoms with van der Waals surface area (Å²) in [5, 5.41) is 14.7. The summed E-state index contributed by atoms with van der Waals surface area (Å²) in [6, 6.07) is 5.66. The number of hydrogen-bond donors (Lipinski definition) is 1. The molecule has 1 aromatic carbocycles. The Morgan fingerprint density at radius 3 is 2.78 bits per heavy atom. The highest BCUT2D eigenvalue weighted by Crippen LogP contribution is 2.37. The second-order valence-electron chi connectivity index (χ2n) is 3.82. The number of methoxy groups -OCH3 is 1. The van der Waals surface area contributed by atoms with Crippen LogP contribution in [0.25, 0.3) is 0 Å². The zero-order chi connectivity index (χ0) is 13.1. The van der Waals surface area contributed by atoms with Gasteiger partial charge in [-0.1, -0.05) is 6.07 Å². The molecule has 0 saturated heterocycles. The lowest BCUT2D eigenvalue weighted by Gasteiger charge is -2.15. The van der Waals surface area contributed by atoms with Crippen LogP contribution in [-0.4, -0.2) is 27.0 Å². The van der Waals surface area contributed by atoms with Gasteiger partial charge >= 0.3 is 0 Å². The first-order valence-corrected chi connectivity index (χ1v) is 6.32. The van der Waals surface area contributed by atoms with Gasteiger partial charge in [0.2, 0.25) is 0 Å². The molecule has 0 saturated carbocycles. The molecule has 2 aromatic rings. The fraction of sp³-hybridized carbons (Fsp3) is 0.333. The van der Waals surface area contributed by atoms with Crippen molar-refractivity contribution in [3.05, 3.63) is 30.1 Å². The summed E-state index contributed by atoms with van der Waals surface area (Å²) in [6.45, 7) is 1.72. The first kappa shape index (κ1) is 12.9. The van der Waals surface area contributed by atoms with E-state index < -0.39 is 6.10 Å². The fourth-order valence-corrected chi connectivity index (χ4v) is 2.68. The van der Waals surface area contributed by atoms with E-state index in [1.165, 1.54) is 18.1 Å². The van der Waals surface area contributed by atoms with Gasteiger partial charge in [0.25, 0.3) is 0 Å². The van der Waals surface area contributed by atoms with Crippen LogP contribution in [0, 0.1) is 0 Å². The van der Waals surface area contributed by atoms with Crippen molar-refractivity contribution in [3.63, 3.8) is 0 Å². The van der Waals surface area contributed by atoms with Crippen LogP contribution in [0.5, 0.6) is 5.75 Å². The SMILES string of the molecule is COc1cccc(Sc2ncnn2C)c1[C@H](C)O. The molecule has 96 valence electrons. The summed E-state index contributed by atoms with van der Waals surface area (Å²) in [5.41, 5.74) is 0.771. The van der Waals surface area contributed by atoms with Crippen molar-refractivity contribution in [2.75, 3.05) is 7.11 Å². The third-order valence-corrected chi connectivity index (χ3v) is 3.66. The maximum atomic E-state index is 9.88. The van der Waals surface area contributed by atoms with E-state index in [2.05, 4.69) is 10.1 Å². The minimum absolute atomic E-state index is 0.600. The number of aromatic nitrogens is 3. The van der Waals surface area contributed by atoms with Gasteiger partial charge in [0.15, 0.2) is 5.16 Å². The molecule has 1 heterocycles.